The van der Waals surface area contributed by atoms with Crippen molar-refractivity contribution in [1.82, 2.24) is 10.2 Å². The Morgan fingerprint density at radius 2 is 1.94 bits per heavy atom. The minimum atomic E-state index is -0.847. The molecular formula is C14H28N2O2. The van der Waals surface area contributed by atoms with Crippen molar-refractivity contribution in [1.29, 1.82) is 0 Å². The van der Waals surface area contributed by atoms with Gasteiger partial charge >= 0.3 is 6.03 Å². The largest absolute Gasteiger partial charge is 0.389 e. The number of urea groups is 1. The Bertz CT molecular complexity index is 267. The van der Waals surface area contributed by atoms with Gasteiger partial charge in [-0.2, -0.15) is 0 Å². The van der Waals surface area contributed by atoms with Crippen LogP contribution in [0, 0.1) is 5.92 Å². The van der Waals surface area contributed by atoms with Crippen molar-refractivity contribution in [2.75, 3.05) is 13.6 Å². The van der Waals surface area contributed by atoms with Crippen molar-refractivity contribution in [3.05, 3.63) is 0 Å². The summed E-state index contributed by atoms with van der Waals surface area (Å²) in [7, 11) is 1.72. The molecule has 106 valence electrons. The van der Waals surface area contributed by atoms with E-state index in [1.807, 2.05) is 0 Å². The van der Waals surface area contributed by atoms with Gasteiger partial charge in [0.05, 0.1) is 12.1 Å². The number of nitrogens with zero attached hydrogens (tertiary/aromatic N) is 1. The predicted molar refractivity (Wildman–Crippen MR) is 73.5 cm³/mol. The molecule has 0 aromatic rings. The van der Waals surface area contributed by atoms with E-state index in [-0.39, 0.29) is 12.1 Å². The van der Waals surface area contributed by atoms with Gasteiger partial charge in [-0.15, -0.1) is 0 Å². The number of likely N-dealkylation sites (N-methyl/N-ethyl adjacent to an activating group) is 1. The molecule has 1 aliphatic rings. The lowest BCUT2D eigenvalue weighted by Crippen LogP contribution is -2.49. The van der Waals surface area contributed by atoms with E-state index in [4.69, 9.17) is 0 Å². The van der Waals surface area contributed by atoms with Crippen LogP contribution in [-0.2, 0) is 0 Å². The topological polar surface area (TPSA) is 52.6 Å². The highest BCUT2D eigenvalue weighted by molar-refractivity contribution is 5.74. The molecule has 0 aromatic carbocycles. The van der Waals surface area contributed by atoms with Gasteiger partial charge in [-0.05, 0) is 39.5 Å². The van der Waals surface area contributed by atoms with E-state index in [0.29, 0.717) is 12.5 Å². The smallest absolute Gasteiger partial charge is 0.317 e. The summed E-state index contributed by atoms with van der Waals surface area (Å²) in [6.07, 6.45) is 6.33. The molecule has 0 radical (unpaired) electrons. The minimum absolute atomic E-state index is 0.0878. The van der Waals surface area contributed by atoms with E-state index in [2.05, 4.69) is 12.2 Å². The molecule has 2 amide bonds. The van der Waals surface area contributed by atoms with E-state index < -0.39 is 5.60 Å². The summed E-state index contributed by atoms with van der Waals surface area (Å²) in [6.45, 7) is 5.85. The van der Waals surface area contributed by atoms with Crippen molar-refractivity contribution in [3.63, 3.8) is 0 Å². The van der Waals surface area contributed by atoms with Gasteiger partial charge in [-0.1, -0.05) is 19.3 Å². The summed E-state index contributed by atoms with van der Waals surface area (Å²) in [5.74, 6) is 0.609. The number of amides is 2. The molecule has 0 spiro atoms. The van der Waals surface area contributed by atoms with Crippen molar-refractivity contribution < 1.29 is 9.90 Å². The number of nitrogens with one attached hydrogen (secondary N) is 1. The second kappa shape index (κ2) is 6.41. The highest BCUT2D eigenvalue weighted by Crippen LogP contribution is 2.26. The molecule has 0 heterocycles. The molecule has 0 aromatic heterocycles. The van der Waals surface area contributed by atoms with E-state index in [0.717, 1.165) is 0 Å². The summed E-state index contributed by atoms with van der Waals surface area (Å²) in [5.41, 5.74) is -0.847. The lowest BCUT2D eigenvalue weighted by atomic mass is 9.84. The summed E-state index contributed by atoms with van der Waals surface area (Å²) in [5, 5.41) is 12.7. The fourth-order valence-corrected chi connectivity index (χ4v) is 2.71. The van der Waals surface area contributed by atoms with Crippen LogP contribution in [0.4, 0.5) is 4.79 Å². The zero-order valence-electron chi connectivity index (χ0n) is 12.2. The number of rotatable bonds is 4. The third kappa shape index (κ3) is 5.25. The quantitative estimate of drug-likeness (QED) is 0.811. The number of carbonyl (C=O) groups is 1. The van der Waals surface area contributed by atoms with Crippen LogP contribution in [0.3, 0.4) is 0 Å². The summed E-state index contributed by atoms with van der Waals surface area (Å²) < 4.78 is 0. The van der Waals surface area contributed by atoms with E-state index in [1.165, 1.54) is 32.1 Å². The van der Waals surface area contributed by atoms with Gasteiger partial charge in [0.2, 0.25) is 0 Å². The fourth-order valence-electron chi connectivity index (χ4n) is 2.71. The van der Waals surface area contributed by atoms with E-state index in [1.54, 1.807) is 25.8 Å². The zero-order chi connectivity index (χ0) is 13.8. The Morgan fingerprint density at radius 3 is 2.44 bits per heavy atom. The lowest BCUT2D eigenvalue weighted by Gasteiger charge is -2.31. The molecule has 1 unspecified atom stereocenters. The maximum Gasteiger partial charge on any atom is 0.317 e. The van der Waals surface area contributed by atoms with Crippen LogP contribution in [-0.4, -0.2) is 41.3 Å². The molecule has 4 heteroatoms. The van der Waals surface area contributed by atoms with Crippen molar-refractivity contribution in [2.24, 2.45) is 5.92 Å². The second-order valence-corrected chi connectivity index (χ2v) is 6.30. The number of hydrogen-bond donors (Lipinski definition) is 2. The molecule has 0 bridgehead atoms. The molecule has 1 fully saturated rings. The number of carbonyl (C=O) groups excluding carboxylic acids is 1. The van der Waals surface area contributed by atoms with Gasteiger partial charge < -0.3 is 15.3 Å². The predicted octanol–water partition coefficient (Wildman–Crippen LogP) is 2.37. The van der Waals surface area contributed by atoms with Gasteiger partial charge in [-0.25, -0.2) is 4.79 Å². The second-order valence-electron chi connectivity index (χ2n) is 6.30. The van der Waals surface area contributed by atoms with Crippen molar-refractivity contribution in [2.45, 2.75) is 64.5 Å². The van der Waals surface area contributed by atoms with Crippen LogP contribution >= 0.6 is 0 Å². The van der Waals surface area contributed by atoms with Crippen molar-refractivity contribution in [3.8, 4) is 0 Å². The number of aliphatic hydroxyl groups is 1. The average Bonchev–Trinajstić information content (AvgIpc) is 2.27. The van der Waals surface area contributed by atoms with Crippen LogP contribution in [0.5, 0.6) is 0 Å². The maximum atomic E-state index is 12.0. The molecule has 0 aliphatic heterocycles. The SMILES string of the molecule is CC(NC(=O)N(C)CC(C)(C)O)C1CCCCC1. The summed E-state index contributed by atoms with van der Waals surface area (Å²) >= 11 is 0. The fraction of sp³-hybridized carbons (Fsp3) is 0.929. The molecule has 1 aliphatic carbocycles. The molecule has 1 rings (SSSR count). The highest BCUT2D eigenvalue weighted by atomic mass is 16.3. The monoisotopic (exact) mass is 256 g/mol. The summed E-state index contributed by atoms with van der Waals surface area (Å²) in [4.78, 5) is 13.5. The van der Waals surface area contributed by atoms with Crippen LogP contribution < -0.4 is 5.32 Å². The zero-order valence-corrected chi connectivity index (χ0v) is 12.2. The first kappa shape index (κ1) is 15.3. The van der Waals surface area contributed by atoms with Gasteiger partial charge in [0, 0.05) is 13.1 Å². The molecule has 0 saturated heterocycles. The van der Waals surface area contributed by atoms with Gasteiger partial charge in [-0.3, -0.25) is 0 Å². The maximum absolute atomic E-state index is 12.0. The van der Waals surface area contributed by atoms with Crippen molar-refractivity contribution >= 4 is 6.03 Å². The molecule has 2 N–H and O–H groups in total. The molecular weight excluding hydrogens is 228 g/mol. The lowest BCUT2D eigenvalue weighted by molar-refractivity contribution is 0.0524. The molecule has 18 heavy (non-hydrogen) atoms. The minimum Gasteiger partial charge on any atom is -0.389 e. The van der Waals surface area contributed by atoms with Gasteiger partial charge in [0.25, 0.3) is 0 Å². The Hall–Kier alpha value is -0.770. The Labute approximate surface area is 111 Å². The van der Waals surface area contributed by atoms with Crippen LogP contribution in [0.25, 0.3) is 0 Å². The average molecular weight is 256 g/mol. The molecule has 4 nitrogen and oxygen atoms in total. The third-order valence-corrected chi connectivity index (χ3v) is 3.68. The van der Waals surface area contributed by atoms with Crippen LogP contribution in [0.15, 0.2) is 0 Å². The van der Waals surface area contributed by atoms with Crippen LogP contribution in [0.1, 0.15) is 52.9 Å². The molecule has 1 atom stereocenters. The highest BCUT2D eigenvalue weighted by Gasteiger charge is 2.24. The standard InChI is InChI=1S/C14H28N2O2/c1-11(12-8-6-5-7-9-12)15-13(17)16(4)10-14(2,3)18/h11-12,18H,5-10H2,1-4H3,(H,15,17). The normalized spacial score (nSPS) is 19.4. The first-order valence-electron chi connectivity index (χ1n) is 7.03. The van der Waals surface area contributed by atoms with E-state index in [9.17, 15) is 9.90 Å². The third-order valence-electron chi connectivity index (χ3n) is 3.68. The Balaban J connectivity index is 2.38. The first-order chi connectivity index (χ1) is 8.29. The molecule has 1 saturated carbocycles. The Kier molecular flexibility index (Phi) is 5.45. The van der Waals surface area contributed by atoms with Gasteiger partial charge in [0.15, 0.2) is 0 Å². The summed E-state index contributed by atoms with van der Waals surface area (Å²) in [6, 6.07) is 0.136. The first-order valence-corrected chi connectivity index (χ1v) is 7.03. The van der Waals surface area contributed by atoms with E-state index >= 15 is 0 Å². The Morgan fingerprint density at radius 1 is 1.39 bits per heavy atom. The van der Waals surface area contributed by atoms with Gasteiger partial charge in [0.1, 0.15) is 0 Å². The number of hydrogen-bond acceptors (Lipinski definition) is 2. The van der Waals surface area contributed by atoms with Crippen LogP contribution in [0.2, 0.25) is 0 Å².